The Kier molecular flexibility index (Phi) is 4.65. The molecule has 23 heavy (non-hydrogen) atoms. The van der Waals surface area contributed by atoms with E-state index in [1.165, 1.54) is 22.3 Å². The highest BCUT2D eigenvalue weighted by Gasteiger charge is 2.27. The van der Waals surface area contributed by atoms with Gasteiger partial charge in [-0.2, -0.15) is 0 Å². The second-order valence-corrected chi connectivity index (χ2v) is 7.14. The Morgan fingerprint density at radius 3 is 2.61 bits per heavy atom. The van der Waals surface area contributed by atoms with Crippen LogP contribution in [-0.4, -0.2) is 12.1 Å². The minimum Gasteiger partial charge on any atom is -0.489 e. The van der Waals surface area contributed by atoms with Gasteiger partial charge in [-0.3, -0.25) is 0 Å². The molecule has 2 aromatic carbocycles. The molecule has 0 amide bonds. The molecule has 0 spiro atoms. The van der Waals surface area contributed by atoms with E-state index in [9.17, 15) is 0 Å². The number of nitrogens with two attached hydrogens (primary N) is 1. The fourth-order valence-corrected chi connectivity index (χ4v) is 3.67. The van der Waals surface area contributed by atoms with Crippen LogP contribution in [0.1, 0.15) is 36.5 Å². The van der Waals surface area contributed by atoms with Gasteiger partial charge in [0.05, 0.1) is 0 Å². The zero-order valence-corrected chi connectivity index (χ0v) is 14.8. The maximum absolute atomic E-state index is 6.38. The Balaban J connectivity index is 1.99. The standard InChI is InChI=1S/C20H24ClNO/c1-12-5-4-6-13(2)19(12)18-11-16(21)9-15-10-17(23-20(15)18)8-7-14(3)22/h4-6,9,11,14,17H,7-8,10,22H2,1-3H3. The summed E-state index contributed by atoms with van der Waals surface area (Å²) in [4.78, 5) is 0. The molecule has 0 aliphatic carbocycles. The first-order valence-corrected chi connectivity index (χ1v) is 8.64. The summed E-state index contributed by atoms with van der Waals surface area (Å²) >= 11 is 6.38. The molecule has 122 valence electrons. The maximum Gasteiger partial charge on any atom is 0.131 e. The minimum atomic E-state index is 0.206. The molecule has 2 unspecified atom stereocenters. The van der Waals surface area contributed by atoms with Gasteiger partial charge in [-0.1, -0.05) is 29.8 Å². The SMILES string of the molecule is Cc1cccc(C)c1-c1cc(Cl)cc2c1OC(CCC(C)N)C2. The van der Waals surface area contributed by atoms with Crippen LogP contribution in [0.4, 0.5) is 0 Å². The average molecular weight is 330 g/mol. The second-order valence-electron chi connectivity index (χ2n) is 6.71. The molecule has 0 radical (unpaired) electrons. The molecule has 2 N–H and O–H groups in total. The fraction of sp³-hybridized carbons (Fsp3) is 0.400. The summed E-state index contributed by atoms with van der Waals surface area (Å²) in [5.41, 5.74) is 11.9. The van der Waals surface area contributed by atoms with Gasteiger partial charge in [0.15, 0.2) is 0 Å². The van der Waals surface area contributed by atoms with E-state index in [1.54, 1.807) is 0 Å². The molecule has 1 heterocycles. The first kappa shape index (κ1) is 16.4. The largest absolute Gasteiger partial charge is 0.489 e. The van der Waals surface area contributed by atoms with Gasteiger partial charge in [-0.15, -0.1) is 0 Å². The quantitative estimate of drug-likeness (QED) is 0.851. The monoisotopic (exact) mass is 329 g/mol. The van der Waals surface area contributed by atoms with Crippen LogP contribution in [0, 0.1) is 13.8 Å². The Morgan fingerprint density at radius 2 is 1.96 bits per heavy atom. The second kappa shape index (κ2) is 6.54. The van der Waals surface area contributed by atoms with Crippen molar-refractivity contribution in [3.63, 3.8) is 0 Å². The van der Waals surface area contributed by atoms with Crippen molar-refractivity contribution in [2.45, 2.75) is 52.2 Å². The predicted octanol–water partition coefficient (Wildman–Crippen LogP) is 5.05. The van der Waals surface area contributed by atoms with E-state index in [2.05, 4.69) is 32.0 Å². The molecule has 0 bridgehead atoms. The predicted molar refractivity (Wildman–Crippen MR) is 97.4 cm³/mol. The van der Waals surface area contributed by atoms with Gasteiger partial charge in [0.2, 0.25) is 0 Å². The molecule has 0 aromatic heterocycles. The first-order chi connectivity index (χ1) is 11.0. The third kappa shape index (κ3) is 3.39. The van der Waals surface area contributed by atoms with Crippen LogP contribution in [-0.2, 0) is 6.42 Å². The number of benzene rings is 2. The molecule has 3 heteroatoms. The lowest BCUT2D eigenvalue weighted by atomic mass is 9.93. The molecule has 0 saturated heterocycles. The number of fused-ring (bicyclic) bond motifs is 1. The molecule has 0 fully saturated rings. The molecule has 2 nitrogen and oxygen atoms in total. The highest BCUT2D eigenvalue weighted by atomic mass is 35.5. The van der Waals surface area contributed by atoms with Crippen molar-refractivity contribution in [1.82, 2.24) is 0 Å². The summed E-state index contributed by atoms with van der Waals surface area (Å²) in [6, 6.07) is 10.6. The maximum atomic E-state index is 6.38. The van der Waals surface area contributed by atoms with Crippen molar-refractivity contribution in [2.24, 2.45) is 5.73 Å². The van der Waals surface area contributed by atoms with Crippen LogP contribution in [0.5, 0.6) is 5.75 Å². The van der Waals surface area contributed by atoms with Gasteiger partial charge in [-0.25, -0.2) is 0 Å². The lowest BCUT2D eigenvalue weighted by Crippen LogP contribution is -2.20. The molecular formula is C20H24ClNO. The van der Waals surface area contributed by atoms with Gasteiger partial charge >= 0.3 is 0 Å². The van der Waals surface area contributed by atoms with Crippen molar-refractivity contribution >= 4 is 11.6 Å². The van der Waals surface area contributed by atoms with Gasteiger partial charge < -0.3 is 10.5 Å². The molecule has 3 rings (SSSR count). The van der Waals surface area contributed by atoms with Crippen LogP contribution in [0.25, 0.3) is 11.1 Å². The van der Waals surface area contributed by atoms with Gasteiger partial charge in [0.25, 0.3) is 0 Å². The summed E-state index contributed by atoms with van der Waals surface area (Å²) < 4.78 is 6.29. The number of halogens is 1. The lowest BCUT2D eigenvalue weighted by molar-refractivity contribution is 0.215. The van der Waals surface area contributed by atoms with Crippen molar-refractivity contribution in [1.29, 1.82) is 0 Å². The Bertz CT molecular complexity index is 704. The molecule has 0 saturated carbocycles. The molecule has 1 aliphatic rings. The smallest absolute Gasteiger partial charge is 0.131 e. The number of hydrogen-bond acceptors (Lipinski definition) is 2. The lowest BCUT2D eigenvalue weighted by Gasteiger charge is -2.16. The van der Waals surface area contributed by atoms with Crippen LogP contribution in [0.2, 0.25) is 5.02 Å². The summed E-state index contributed by atoms with van der Waals surface area (Å²) in [7, 11) is 0. The average Bonchev–Trinajstić information content (AvgIpc) is 2.87. The van der Waals surface area contributed by atoms with Crippen molar-refractivity contribution in [3.8, 4) is 16.9 Å². The van der Waals surface area contributed by atoms with Crippen molar-refractivity contribution < 1.29 is 4.74 Å². The Hall–Kier alpha value is -1.51. The highest BCUT2D eigenvalue weighted by molar-refractivity contribution is 6.31. The topological polar surface area (TPSA) is 35.2 Å². The summed E-state index contributed by atoms with van der Waals surface area (Å²) in [6.45, 7) is 6.32. The summed E-state index contributed by atoms with van der Waals surface area (Å²) in [5.74, 6) is 1.00. The summed E-state index contributed by atoms with van der Waals surface area (Å²) in [5, 5.41) is 0.776. The third-order valence-electron chi connectivity index (χ3n) is 4.56. The number of ether oxygens (including phenoxy) is 1. The van der Waals surface area contributed by atoms with Gasteiger partial charge in [0.1, 0.15) is 11.9 Å². The number of aryl methyl sites for hydroxylation is 2. The van der Waals surface area contributed by atoms with E-state index in [1.807, 2.05) is 19.1 Å². The molecular weight excluding hydrogens is 306 g/mol. The summed E-state index contributed by atoms with van der Waals surface area (Å²) in [6.07, 6.45) is 3.08. The fourth-order valence-electron chi connectivity index (χ4n) is 3.43. The van der Waals surface area contributed by atoms with Crippen LogP contribution in [0.15, 0.2) is 30.3 Å². The Labute approximate surface area is 143 Å². The van der Waals surface area contributed by atoms with E-state index in [0.29, 0.717) is 0 Å². The minimum absolute atomic E-state index is 0.206. The van der Waals surface area contributed by atoms with E-state index in [0.717, 1.165) is 35.6 Å². The van der Waals surface area contributed by atoms with Crippen molar-refractivity contribution in [2.75, 3.05) is 0 Å². The number of rotatable bonds is 4. The first-order valence-electron chi connectivity index (χ1n) is 8.27. The van der Waals surface area contributed by atoms with Crippen LogP contribution >= 0.6 is 11.6 Å². The van der Waals surface area contributed by atoms with Crippen LogP contribution < -0.4 is 10.5 Å². The van der Waals surface area contributed by atoms with E-state index in [-0.39, 0.29) is 12.1 Å². The highest BCUT2D eigenvalue weighted by Crippen LogP contribution is 2.43. The molecule has 2 aromatic rings. The Morgan fingerprint density at radius 1 is 1.26 bits per heavy atom. The van der Waals surface area contributed by atoms with E-state index >= 15 is 0 Å². The normalized spacial score (nSPS) is 17.7. The van der Waals surface area contributed by atoms with E-state index < -0.39 is 0 Å². The number of hydrogen-bond donors (Lipinski definition) is 1. The van der Waals surface area contributed by atoms with Crippen LogP contribution in [0.3, 0.4) is 0 Å². The zero-order valence-electron chi connectivity index (χ0n) is 14.0. The van der Waals surface area contributed by atoms with Crippen molar-refractivity contribution in [3.05, 3.63) is 52.0 Å². The van der Waals surface area contributed by atoms with Gasteiger partial charge in [0, 0.05) is 23.0 Å². The third-order valence-corrected chi connectivity index (χ3v) is 4.78. The molecule has 2 atom stereocenters. The molecule has 1 aliphatic heterocycles. The zero-order chi connectivity index (χ0) is 16.6. The van der Waals surface area contributed by atoms with E-state index in [4.69, 9.17) is 22.1 Å². The van der Waals surface area contributed by atoms with Gasteiger partial charge in [-0.05, 0) is 68.0 Å².